The highest BCUT2D eigenvalue weighted by molar-refractivity contribution is 6.67. The number of alkyl halides is 8. The highest BCUT2D eigenvalue weighted by Crippen LogP contribution is 2.46. The molecule has 1 aromatic rings. The van der Waals surface area contributed by atoms with Gasteiger partial charge in [-0.05, 0) is 23.3 Å². The number of hydrogen-bond acceptors (Lipinski definition) is 0. The summed E-state index contributed by atoms with van der Waals surface area (Å²) in [5.41, 5.74) is 2.01. The third-order valence-electron chi connectivity index (χ3n) is 2.23. The van der Waals surface area contributed by atoms with Gasteiger partial charge in [-0.1, -0.05) is 69.6 Å². The first-order valence-corrected chi connectivity index (χ1v) is 7.87. The maximum atomic E-state index is 5.87. The lowest BCUT2D eigenvalue weighted by atomic mass is 10.0. The zero-order chi connectivity index (χ0) is 14.1. The summed E-state index contributed by atoms with van der Waals surface area (Å²) in [6, 6.07) is 3.18. The maximum absolute atomic E-state index is 5.87. The smallest absolute Gasteiger partial charge is 0.122 e. The van der Waals surface area contributed by atoms with Crippen LogP contribution in [0.5, 0.6) is 0 Å². The highest BCUT2D eigenvalue weighted by atomic mass is 35.6. The van der Waals surface area contributed by atoms with Gasteiger partial charge in [0.1, 0.15) is 0 Å². The Morgan fingerprint density at radius 3 is 1.11 bits per heavy atom. The van der Waals surface area contributed by atoms with Crippen molar-refractivity contribution < 1.29 is 0 Å². The molecule has 0 aliphatic heterocycles. The van der Waals surface area contributed by atoms with Crippen molar-refractivity contribution in [3.8, 4) is 0 Å². The fourth-order valence-corrected chi connectivity index (χ4v) is 2.94. The average molecular weight is 410 g/mol. The van der Waals surface area contributed by atoms with E-state index in [9.17, 15) is 0 Å². The summed E-state index contributed by atoms with van der Waals surface area (Å²) < 4.78 is -3.23. The van der Waals surface area contributed by atoms with Crippen LogP contribution in [0.4, 0.5) is 0 Å². The Kier molecular flexibility index (Phi) is 6.39. The summed E-state index contributed by atoms with van der Waals surface area (Å²) in [7, 11) is 0. The van der Waals surface area contributed by atoms with Gasteiger partial charge in [-0.3, -0.25) is 0 Å². The zero-order valence-electron chi connectivity index (χ0n) is 8.59. The second kappa shape index (κ2) is 6.54. The van der Waals surface area contributed by atoms with Crippen LogP contribution in [0.25, 0.3) is 0 Å². The molecule has 18 heavy (non-hydrogen) atoms. The second-order valence-electron chi connectivity index (χ2n) is 3.43. The molecule has 0 fully saturated rings. The van der Waals surface area contributed by atoms with E-state index >= 15 is 0 Å². The molecule has 0 amide bonds. The van der Waals surface area contributed by atoms with Gasteiger partial charge < -0.3 is 0 Å². The van der Waals surface area contributed by atoms with Crippen molar-refractivity contribution in [3.63, 3.8) is 0 Å². The first-order valence-electron chi connectivity index (χ1n) is 4.53. The monoisotopic (exact) mass is 406 g/mol. The Hall–Kier alpha value is 1.54. The molecule has 1 aromatic carbocycles. The van der Waals surface area contributed by atoms with Crippen molar-refractivity contribution in [3.05, 3.63) is 34.4 Å². The molecule has 1 rings (SSSR count). The number of hydrogen-bond donors (Lipinski definition) is 0. The quantitative estimate of drug-likeness (QED) is 0.470. The summed E-state index contributed by atoms with van der Waals surface area (Å²) >= 11 is 46.8. The predicted octanol–water partition coefficient (Wildman–Crippen LogP) is 6.82. The van der Waals surface area contributed by atoms with Gasteiger partial charge >= 0.3 is 0 Å². The van der Waals surface area contributed by atoms with Crippen molar-refractivity contribution in [1.29, 1.82) is 0 Å². The van der Waals surface area contributed by atoms with Crippen molar-refractivity contribution in [1.82, 2.24) is 0 Å². The van der Waals surface area contributed by atoms with Crippen LogP contribution in [0.2, 0.25) is 0 Å². The number of rotatable bonds is 2. The Morgan fingerprint density at radius 1 is 0.667 bits per heavy atom. The Morgan fingerprint density at radius 2 is 0.944 bits per heavy atom. The summed E-state index contributed by atoms with van der Waals surface area (Å²) in [5.74, 6) is 0.249. The van der Waals surface area contributed by atoms with E-state index in [4.69, 9.17) is 92.8 Å². The molecular weight excluding hydrogens is 404 g/mol. The minimum atomic E-state index is -1.61. The van der Waals surface area contributed by atoms with Crippen molar-refractivity contribution in [2.75, 3.05) is 0 Å². The molecule has 0 heterocycles. The molecule has 0 unspecified atom stereocenters. The molecule has 0 saturated heterocycles. The van der Waals surface area contributed by atoms with E-state index in [0.29, 0.717) is 22.3 Å². The second-order valence-corrected chi connectivity index (χ2v) is 8.53. The minimum Gasteiger partial charge on any atom is -0.122 e. The lowest BCUT2D eigenvalue weighted by Crippen LogP contribution is -2.11. The predicted molar refractivity (Wildman–Crippen MR) is 84.0 cm³/mol. The molecule has 0 saturated carbocycles. The molecular formula is C10H6Cl8. The van der Waals surface area contributed by atoms with E-state index < -0.39 is 7.59 Å². The van der Waals surface area contributed by atoms with Crippen LogP contribution < -0.4 is 0 Å². The van der Waals surface area contributed by atoms with Gasteiger partial charge in [0, 0.05) is 22.9 Å². The summed E-state index contributed by atoms with van der Waals surface area (Å²) in [5, 5.41) is 0. The van der Waals surface area contributed by atoms with Crippen LogP contribution in [0.3, 0.4) is 0 Å². The minimum absolute atomic E-state index is 0.125. The normalized spacial score (nSPS) is 12.9. The molecule has 0 N–H and O–H groups in total. The standard InChI is InChI=1S/C10H6Cl8/c11-3-5-1-7(9(13,14)15)6(4-12)2-8(5)10(16,17)18/h1-2H,3-4H2. The average Bonchev–Trinajstić information content (AvgIpc) is 2.24. The highest BCUT2D eigenvalue weighted by Gasteiger charge is 2.31. The van der Waals surface area contributed by atoms with Crippen LogP contribution in [-0.4, -0.2) is 0 Å². The molecule has 0 spiro atoms. The Bertz CT molecular complexity index is 387. The molecule has 0 radical (unpaired) electrons. The number of halogens is 8. The molecule has 102 valence electrons. The van der Waals surface area contributed by atoms with Gasteiger partial charge in [0.05, 0.1) is 0 Å². The first-order chi connectivity index (χ1) is 8.11. The topological polar surface area (TPSA) is 0 Å². The lowest BCUT2D eigenvalue weighted by molar-refractivity contribution is 1.09. The van der Waals surface area contributed by atoms with Crippen LogP contribution in [0.1, 0.15) is 22.3 Å². The van der Waals surface area contributed by atoms with Gasteiger partial charge in [-0.15, -0.1) is 23.2 Å². The van der Waals surface area contributed by atoms with Crippen LogP contribution in [0.15, 0.2) is 12.1 Å². The fourth-order valence-electron chi connectivity index (χ4n) is 1.44. The molecule has 0 atom stereocenters. The third-order valence-corrected chi connectivity index (χ3v) is 4.03. The van der Waals surface area contributed by atoms with Crippen molar-refractivity contribution >= 4 is 92.8 Å². The SMILES string of the molecule is ClCc1cc(C(Cl)(Cl)Cl)c(CCl)cc1C(Cl)(Cl)Cl. The van der Waals surface area contributed by atoms with E-state index in [1.807, 2.05) is 0 Å². The molecule has 0 bridgehead atoms. The Labute approximate surface area is 145 Å². The van der Waals surface area contributed by atoms with E-state index in [0.717, 1.165) is 0 Å². The van der Waals surface area contributed by atoms with E-state index in [2.05, 4.69) is 0 Å². The third kappa shape index (κ3) is 4.27. The van der Waals surface area contributed by atoms with Crippen LogP contribution in [0, 0.1) is 0 Å². The van der Waals surface area contributed by atoms with Crippen LogP contribution >= 0.6 is 92.8 Å². The largest absolute Gasteiger partial charge is 0.216 e. The van der Waals surface area contributed by atoms with Crippen molar-refractivity contribution in [2.24, 2.45) is 0 Å². The van der Waals surface area contributed by atoms with Gasteiger partial charge in [-0.25, -0.2) is 0 Å². The van der Waals surface area contributed by atoms with E-state index in [1.54, 1.807) is 12.1 Å². The first kappa shape index (κ1) is 17.6. The summed E-state index contributed by atoms with van der Waals surface area (Å²) in [6.07, 6.45) is 0. The van der Waals surface area contributed by atoms with Gasteiger partial charge in [-0.2, -0.15) is 0 Å². The zero-order valence-corrected chi connectivity index (χ0v) is 14.6. The summed E-state index contributed by atoms with van der Waals surface area (Å²) in [6.45, 7) is 0. The van der Waals surface area contributed by atoms with E-state index in [1.165, 1.54) is 0 Å². The van der Waals surface area contributed by atoms with E-state index in [-0.39, 0.29) is 11.8 Å². The maximum Gasteiger partial charge on any atom is 0.216 e. The van der Waals surface area contributed by atoms with Crippen molar-refractivity contribution in [2.45, 2.75) is 19.3 Å². The molecule has 0 nitrogen and oxygen atoms in total. The molecule has 0 aromatic heterocycles. The Balaban J connectivity index is 3.52. The molecule has 0 aliphatic carbocycles. The molecule has 0 aliphatic rings. The fraction of sp³-hybridized carbons (Fsp3) is 0.400. The van der Waals surface area contributed by atoms with Crippen LogP contribution in [-0.2, 0) is 19.3 Å². The van der Waals surface area contributed by atoms with Gasteiger partial charge in [0.2, 0.25) is 7.59 Å². The summed E-state index contributed by atoms with van der Waals surface area (Å²) in [4.78, 5) is 0. The number of benzene rings is 1. The van der Waals surface area contributed by atoms with Gasteiger partial charge in [0.15, 0.2) is 0 Å². The molecule has 8 heteroatoms. The lowest BCUT2D eigenvalue weighted by Gasteiger charge is -2.22. The van der Waals surface area contributed by atoms with Gasteiger partial charge in [0.25, 0.3) is 0 Å².